The average Bonchev–Trinajstić information content (AvgIpc) is 3.13. The molecule has 4 aliphatic carbocycles. The van der Waals surface area contributed by atoms with Crippen molar-refractivity contribution in [3.8, 4) is 0 Å². The zero-order chi connectivity index (χ0) is 17.8. The van der Waals surface area contributed by atoms with E-state index in [4.69, 9.17) is 5.73 Å². The van der Waals surface area contributed by atoms with Crippen LogP contribution in [0.1, 0.15) is 49.4 Å². The van der Waals surface area contributed by atoms with Gasteiger partial charge in [0.05, 0.1) is 5.41 Å². The fourth-order valence-electron chi connectivity index (χ4n) is 6.44. The van der Waals surface area contributed by atoms with Crippen molar-refractivity contribution in [2.24, 2.45) is 28.4 Å². The van der Waals surface area contributed by atoms with Crippen molar-refractivity contribution >= 4 is 5.91 Å². The largest absolute Gasteiger partial charge is 0.369 e. The third-order valence-electron chi connectivity index (χ3n) is 7.08. The number of carbonyl (C=O) groups is 1. The van der Waals surface area contributed by atoms with E-state index in [1.165, 1.54) is 12.0 Å². The number of nitrogens with one attached hydrogen (secondary N) is 1. The molecule has 1 aromatic heterocycles. The Morgan fingerprint density at radius 3 is 2.81 bits per heavy atom. The lowest BCUT2D eigenvalue weighted by Gasteiger charge is -2.62. The summed E-state index contributed by atoms with van der Waals surface area (Å²) in [6, 6.07) is 10.5. The van der Waals surface area contributed by atoms with Crippen molar-refractivity contribution in [2.75, 3.05) is 0 Å². The number of hydrogen-bond donors (Lipinski definition) is 2. The van der Waals surface area contributed by atoms with E-state index in [2.05, 4.69) is 51.3 Å². The quantitative estimate of drug-likeness (QED) is 0.865. The summed E-state index contributed by atoms with van der Waals surface area (Å²) in [4.78, 5) is 12.4. The van der Waals surface area contributed by atoms with Crippen molar-refractivity contribution in [1.82, 2.24) is 20.6 Å². The van der Waals surface area contributed by atoms with Crippen LogP contribution in [0.5, 0.6) is 0 Å². The van der Waals surface area contributed by atoms with Gasteiger partial charge in [-0.3, -0.25) is 4.79 Å². The van der Waals surface area contributed by atoms with Crippen molar-refractivity contribution < 1.29 is 4.79 Å². The Balaban J connectivity index is 1.56. The molecule has 0 aliphatic heterocycles. The number of nitrogens with two attached hydrogens (primary N) is 1. The number of aromatic nitrogens is 4. The number of carbonyl (C=O) groups excluding carboxylic acids is 1. The molecule has 4 aliphatic rings. The molecule has 1 radical (unpaired) electrons. The van der Waals surface area contributed by atoms with Crippen LogP contribution in [0.15, 0.2) is 30.3 Å². The number of primary amides is 1. The second-order valence-corrected chi connectivity index (χ2v) is 8.73. The summed E-state index contributed by atoms with van der Waals surface area (Å²) in [5.41, 5.74) is 6.78. The van der Waals surface area contributed by atoms with E-state index >= 15 is 0 Å². The molecule has 4 saturated carbocycles. The highest BCUT2D eigenvalue weighted by atomic mass is 16.1. The Hall–Kier alpha value is -2.24. The van der Waals surface area contributed by atoms with Crippen LogP contribution in [0.2, 0.25) is 0 Å². The van der Waals surface area contributed by atoms with E-state index in [1.54, 1.807) is 0 Å². The lowest BCUT2D eigenvalue weighted by atomic mass is 9.41. The van der Waals surface area contributed by atoms with E-state index in [0.29, 0.717) is 11.8 Å². The Labute approximate surface area is 152 Å². The van der Waals surface area contributed by atoms with Gasteiger partial charge in [0, 0.05) is 5.92 Å². The maximum absolute atomic E-state index is 12.4. The molecular weight excluding hydrogens is 326 g/mol. The van der Waals surface area contributed by atoms with Crippen LogP contribution < -0.4 is 5.73 Å². The van der Waals surface area contributed by atoms with Crippen LogP contribution in [-0.4, -0.2) is 26.5 Å². The second kappa shape index (κ2) is 5.63. The van der Waals surface area contributed by atoms with Crippen LogP contribution >= 0.6 is 0 Å². The minimum absolute atomic E-state index is 0.0344. The molecule has 5 unspecified atom stereocenters. The molecule has 3 N–H and O–H groups in total. The number of rotatable bonds is 5. The van der Waals surface area contributed by atoms with Crippen LogP contribution in [0.3, 0.4) is 0 Å². The summed E-state index contributed by atoms with van der Waals surface area (Å²) >= 11 is 0. The van der Waals surface area contributed by atoms with E-state index in [1.807, 2.05) is 6.07 Å². The molecule has 135 valence electrons. The monoisotopic (exact) mass is 350 g/mol. The highest BCUT2D eigenvalue weighted by Gasteiger charge is 2.62. The summed E-state index contributed by atoms with van der Waals surface area (Å²) < 4.78 is 0. The lowest BCUT2D eigenvalue weighted by Crippen LogP contribution is -2.58. The van der Waals surface area contributed by atoms with E-state index < -0.39 is 5.41 Å². The topological polar surface area (TPSA) is 97.6 Å². The van der Waals surface area contributed by atoms with Crippen LogP contribution in [0, 0.1) is 29.1 Å². The van der Waals surface area contributed by atoms with E-state index in [0.717, 1.165) is 37.9 Å². The Kier molecular flexibility index (Phi) is 3.46. The lowest BCUT2D eigenvalue weighted by molar-refractivity contribution is -0.145. The Bertz CT molecular complexity index is 789. The van der Waals surface area contributed by atoms with Gasteiger partial charge < -0.3 is 5.73 Å². The highest BCUT2D eigenvalue weighted by molar-refractivity contribution is 5.83. The summed E-state index contributed by atoms with van der Waals surface area (Å²) in [6.07, 6.45) is 8.37. The van der Waals surface area contributed by atoms with Gasteiger partial charge in [-0.2, -0.15) is 0 Å². The molecule has 1 amide bonds. The molecule has 5 atom stereocenters. The fraction of sp³-hybridized carbons (Fsp3) is 0.550. The predicted molar refractivity (Wildman–Crippen MR) is 95.5 cm³/mol. The van der Waals surface area contributed by atoms with Gasteiger partial charge >= 0.3 is 0 Å². The summed E-state index contributed by atoms with van der Waals surface area (Å²) in [5, 5.41) is 15.0. The van der Waals surface area contributed by atoms with Gasteiger partial charge in [0.1, 0.15) is 0 Å². The molecule has 4 bridgehead atoms. The third kappa shape index (κ3) is 2.38. The molecule has 6 rings (SSSR count). The van der Waals surface area contributed by atoms with Crippen molar-refractivity contribution in [3.05, 3.63) is 48.1 Å². The van der Waals surface area contributed by atoms with E-state index in [-0.39, 0.29) is 17.2 Å². The molecule has 26 heavy (non-hydrogen) atoms. The van der Waals surface area contributed by atoms with Gasteiger partial charge in [0.2, 0.25) is 5.91 Å². The molecule has 1 heterocycles. The number of aromatic amines is 1. The van der Waals surface area contributed by atoms with Gasteiger partial charge in [-0.1, -0.05) is 30.3 Å². The van der Waals surface area contributed by atoms with Crippen molar-refractivity contribution in [1.29, 1.82) is 0 Å². The standard InChI is InChI=1S/C20H24N5O/c21-18(26)20-10-14-6-15(11-20)9-19(8-14,12-20)16(17-22-24-25-23-17)7-13-4-2-1-3-5-13/h1-5,10,14-16H,6-9,11-12H2,(H2,21,26)(H,22,23,24,25). The van der Waals surface area contributed by atoms with Crippen molar-refractivity contribution in [2.45, 2.75) is 44.4 Å². The number of benzene rings is 1. The molecule has 6 heteroatoms. The number of H-pyrrole nitrogens is 1. The first-order chi connectivity index (χ1) is 12.6. The van der Waals surface area contributed by atoms with Gasteiger partial charge in [0.15, 0.2) is 5.82 Å². The summed E-state index contributed by atoms with van der Waals surface area (Å²) in [6.45, 7) is 0. The third-order valence-corrected chi connectivity index (χ3v) is 7.08. The van der Waals surface area contributed by atoms with Crippen LogP contribution in [0.4, 0.5) is 0 Å². The molecule has 6 nitrogen and oxygen atoms in total. The number of nitrogens with zero attached hydrogens (tertiary/aromatic N) is 3. The predicted octanol–water partition coefficient (Wildman–Crippen LogP) is 2.41. The fourth-order valence-corrected chi connectivity index (χ4v) is 6.44. The molecule has 2 aromatic rings. The zero-order valence-corrected chi connectivity index (χ0v) is 14.8. The molecule has 4 fully saturated rings. The van der Waals surface area contributed by atoms with Crippen molar-refractivity contribution in [3.63, 3.8) is 0 Å². The molecule has 1 aromatic carbocycles. The summed E-state index contributed by atoms with van der Waals surface area (Å²) in [7, 11) is 0. The minimum Gasteiger partial charge on any atom is -0.369 e. The maximum Gasteiger partial charge on any atom is 0.223 e. The maximum atomic E-state index is 12.4. The molecular formula is C20H24N5O. The summed E-state index contributed by atoms with van der Waals surface area (Å²) in [5.74, 6) is 1.94. The second-order valence-electron chi connectivity index (χ2n) is 8.73. The Morgan fingerprint density at radius 1 is 1.27 bits per heavy atom. The molecule has 0 spiro atoms. The normalized spacial score (nSPS) is 36.2. The van der Waals surface area contributed by atoms with Crippen LogP contribution in [-0.2, 0) is 11.2 Å². The number of tetrazole rings is 1. The number of hydrogen-bond acceptors (Lipinski definition) is 4. The average molecular weight is 350 g/mol. The zero-order valence-electron chi connectivity index (χ0n) is 14.8. The van der Waals surface area contributed by atoms with Gasteiger partial charge in [-0.15, -0.1) is 5.10 Å². The van der Waals surface area contributed by atoms with Crippen LogP contribution in [0.25, 0.3) is 0 Å². The first-order valence-electron chi connectivity index (χ1n) is 9.52. The minimum atomic E-state index is -0.438. The number of amides is 1. The molecule has 0 saturated heterocycles. The van der Waals surface area contributed by atoms with Gasteiger partial charge in [-0.25, -0.2) is 5.10 Å². The van der Waals surface area contributed by atoms with Gasteiger partial charge in [0.25, 0.3) is 0 Å². The van der Waals surface area contributed by atoms with E-state index in [9.17, 15) is 4.79 Å². The highest BCUT2D eigenvalue weighted by Crippen LogP contribution is 2.68. The smallest absolute Gasteiger partial charge is 0.223 e. The van der Waals surface area contributed by atoms with Gasteiger partial charge in [-0.05, 0) is 78.2 Å². The first-order valence-corrected chi connectivity index (χ1v) is 9.52. The first kappa shape index (κ1) is 16.0. The Morgan fingerprint density at radius 2 is 2.12 bits per heavy atom. The SMILES string of the molecule is NC(=O)C12[CH]C3CC(C1)CC(C(Cc1ccccc1)c1nnn[nH]1)(C3)C2.